The van der Waals surface area contributed by atoms with Gasteiger partial charge in [0.15, 0.2) is 0 Å². The zero-order chi connectivity index (χ0) is 24.0. The molecule has 0 bridgehead atoms. The van der Waals surface area contributed by atoms with Gasteiger partial charge in [0.2, 0.25) is 0 Å². The third-order valence-electron chi connectivity index (χ3n) is 8.02. The lowest BCUT2D eigenvalue weighted by molar-refractivity contribution is 0.151. The number of nitrogens with zero attached hydrogens (tertiary/aromatic N) is 2. The smallest absolute Gasteiger partial charge is 0.0465 e. The Labute approximate surface area is 224 Å². The molecule has 0 unspecified atom stereocenters. The van der Waals surface area contributed by atoms with Crippen molar-refractivity contribution in [3.63, 3.8) is 0 Å². The molecule has 2 nitrogen and oxygen atoms in total. The van der Waals surface area contributed by atoms with E-state index in [4.69, 9.17) is 23.2 Å². The van der Waals surface area contributed by atoms with E-state index >= 15 is 0 Å². The lowest BCUT2D eigenvalue weighted by Gasteiger charge is -2.34. The first kappa shape index (κ1) is 25.3. The highest BCUT2D eigenvalue weighted by Gasteiger charge is 2.35. The molecule has 2 fully saturated rings. The molecule has 3 heterocycles. The van der Waals surface area contributed by atoms with E-state index in [0.717, 1.165) is 30.6 Å². The van der Waals surface area contributed by atoms with Crippen LogP contribution in [0.4, 0.5) is 0 Å². The van der Waals surface area contributed by atoms with Crippen molar-refractivity contribution in [2.75, 3.05) is 32.7 Å². The summed E-state index contributed by atoms with van der Waals surface area (Å²) >= 11 is 14.4. The number of benzene rings is 2. The minimum absolute atomic E-state index is 0.607. The molecule has 186 valence electrons. The number of aryl methyl sites for hydroxylation is 1. The molecule has 1 aromatic heterocycles. The Morgan fingerprint density at radius 2 is 1.74 bits per heavy atom. The standard InChI is InChI=1S/C30H36Cl2N2S/c31-28-10-9-25(30(32)17-28)18-34-20-27(29(21-34)26-13-16-35-22-26)19-33-14-11-24(12-15-33)8-4-7-23-5-2-1-3-6-23/h1-3,5-6,9-10,13,16-17,22,24,27,29H,4,7-8,11-12,14-15,18-21H2/t27-,29+/m0/s1. The Bertz CT molecular complexity index is 1050. The summed E-state index contributed by atoms with van der Waals surface area (Å²) in [5, 5.41) is 6.07. The van der Waals surface area contributed by atoms with Crippen LogP contribution in [0.5, 0.6) is 0 Å². The summed E-state index contributed by atoms with van der Waals surface area (Å²) in [6.07, 6.45) is 6.63. The second-order valence-corrected chi connectivity index (χ2v) is 12.1. The molecule has 3 aromatic rings. The molecule has 0 radical (unpaired) electrons. The van der Waals surface area contributed by atoms with Gasteiger partial charge >= 0.3 is 0 Å². The van der Waals surface area contributed by atoms with E-state index in [-0.39, 0.29) is 0 Å². The molecule has 2 saturated heterocycles. The number of likely N-dealkylation sites (tertiary alicyclic amines) is 2. The summed E-state index contributed by atoms with van der Waals surface area (Å²) in [6.45, 7) is 6.86. The lowest BCUT2D eigenvalue weighted by Crippen LogP contribution is -2.38. The van der Waals surface area contributed by atoms with Crippen LogP contribution < -0.4 is 0 Å². The van der Waals surface area contributed by atoms with Crippen LogP contribution in [0.3, 0.4) is 0 Å². The SMILES string of the molecule is Clc1ccc(CN2C[C@H](CN3CCC(CCCc4ccccc4)CC3)[C@@H](c3ccsc3)C2)c(Cl)c1. The highest BCUT2D eigenvalue weighted by atomic mass is 35.5. The second-order valence-electron chi connectivity index (χ2n) is 10.5. The zero-order valence-corrected chi connectivity index (χ0v) is 22.7. The van der Waals surface area contributed by atoms with Crippen molar-refractivity contribution in [3.8, 4) is 0 Å². The summed E-state index contributed by atoms with van der Waals surface area (Å²) in [5.41, 5.74) is 4.17. The monoisotopic (exact) mass is 526 g/mol. The van der Waals surface area contributed by atoms with Crippen LogP contribution in [-0.2, 0) is 13.0 Å². The van der Waals surface area contributed by atoms with Gasteiger partial charge in [-0.15, -0.1) is 0 Å². The lowest BCUT2D eigenvalue weighted by atomic mass is 9.87. The van der Waals surface area contributed by atoms with Crippen LogP contribution in [0.2, 0.25) is 10.0 Å². The fourth-order valence-electron chi connectivity index (χ4n) is 6.06. The molecule has 2 aromatic carbocycles. The van der Waals surface area contributed by atoms with Crippen molar-refractivity contribution in [3.05, 3.63) is 92.1 Å². The Kier molecular flexibility index (Phi) is 8.86. The van der Waals surface area contributed by atoms with Gasteiger partial charge in [0, 0.05) is 42.1 Å². The van der Waals surface area contributed by atoms with Gasteiger partial charge in [-0.3, -0.25) is 4.90 Å². The maximum atomic E-state index is 6.50. The molecule has 35 heavy (non-hydrogen) atoms. The Morgan fingerprint density at radius 3 is 2.49 bits per heavy atom. The van der Waals surface area contributed by atoms with E-state index in [1.807, 2.05) is 23.5 Å². The molecule has 2 aliphatic heterocycles. The Hall–Kier alpha value is -1.36. The van der Waals surface area contributed by atoms with Crippen molar-refractivity contribution in [1.29, 1.82) is 0 Å². The number of rotatable bonds is 9. The quantitative estimate of drug-likeness (QED) is 0.278. The number of piperidine rings is 1. The summed E-state index contributed by atoms with van der Waals surface area (Å²) in [6, 6.07) is 19.2. The molecular formula is C30H36Cl2N2S. The first-order valence-electron chi connectivity index (χ1n) is 13.1. The van der Waals surface area contributed by atoms with Crippen LogP contribution in [0.25, 0.3) is 0 Å². The van der Waals surface area contributed by atoms with Crippen molar-refractivity contribution in [2.24, 2.45) is 11.8 Å². The molecule has 0 N–H and O–H groups in total. The summed E-state index contributed by atoms with van der Waals surface area (Å²) in [7, 11) is 0. The van der Waals surface area contributed by atoms with E-state index < -0.39 is 0 Å². The molecule has 0 spiro atoms. The van der Waals surface area contributed by atoms with Crippen molar-refractivity contribution < 1.29 is 0 Å². The largest absolute Gasteiger partial charge is 0.303 e. The van der Waals surface area contributed by atoms with Gasteiger partial charge < -0.3 is 4.90 Å². The molecule has 0 amide bonds. The first-order valence-corrected chi connectivity index (χ1v) is 14.8. The van der Waals surface area contributed by atoms with Gasteiger partial charge in [-0.2, -0.15) is 11.3 Å². The molecule has 2 aliphatic rings. The third kappa shape index (κ3) is 6.90. The summed E-state index contributed by atoms with van der Waals surface area (Å²) in [4.78, 5) is 5.34. The van der Waals surface area contributed by atoms with Gasteiger partial charge in [0.1, 0.15) is 0 Å². The van der Waals surface area contributed by atoms with Crippen LogP contribution in [0.15, 0.2) is 65.4 Å². The van der Waals surface area contributed by atoms with Gasteiger partial charge in [-0.25, -0.2) is 0 Å². The molecule has 2 atom stereocenters. The van der Waals surface area contributed by atoms with Crippen LogP contribution in [-0.4, -0.2) is 42.5 Å². The van der Waals surface area contributed by atoms with E-state index in [2.05, 4.69) is 63.0 Å². The van der Waals surface area contributed by atoms with E-state index in [1.165, 1.54) is 68.4 Å². The zero-order valence-electron chi connectivity index (χ0n) is 20.4. The maximum absolute atomic E-state index is 6.50. The van der Waals surface area contributed by atoms with Crippen molar-refractivity contribution >= 4 is 34.5 Å². The molecular weight excluding hydrogens is 491 g/mol. The number of hydrogen-bond acceptors (Lipinski definition) is 3. The van der Waals surface area contributed by atoms with Gasteiger partial charge in [-0.1, -0.05) is 66.0 Å². The highest BCUT2D eigenvalue weighted by Crippen LogP contribution is 2.37. The van der Waals surface area contributed by atoms with Crippen LogP contribution in [0, 0.1) is 11.8 Å². The average Bonchev–Trinajstić information content (AvgIpc) is 3.53. The van der Waals surface area contributed by atoms with Crippen molar-refractivity contribution in [2.45, 2.75) is 44.6 Å². The summed E-state index contributed by atoms with van der Waals surface area (Å²) < 4.78 is 0. The Morgan fingerprint density at radius 1 is 0.914 bits per heavy atom. The fraction of sp³-hybridized carbons (Fsp3) is 0.467. The van der Waals surface area contributed by atoms with E-state index in [9.17, 15) is 0 Å². The predicted octanol–water partition coefficient (Wildman–Crippen LogP) is 8.01. The molecule has 5 rings (SSSR count). The topological polar surface area (TPSA) is 6.48 Å². The van der Waals surface area contributed by atoms with Crippen molar-refractivity contribution in [1.82, 2.24) is 9.80 Å². The molecule has 0 saturated carbocycles. The average molecular weight is 528 g/mol. The van der Waals surface area contributed by atoms with Gasteiger partial charge in [0.05, 0.1) is 0 Å². The molecule has 0 aliphatic carbocycles. The maximum Gasteiger partial charge on any atom is 0.0465 e. The number of hydrogen-bond donors (Lipinski definition) is 0. The Balaban J connectivity index is 1.13. The first-order chi connectivity index (χ1) is 17.1. The third-order valence-corrected chi connectivity index (χ3v) is 9.31. The van der Waals surface area contributed by atoms with Crippen LogP contribution >= 0.6 is 34.5 Å². The van der Waals surface area contributed by atoms with Crippen LogP contribution in [0.1, 0.15) is 48.3 Å². The highest BCUT2D eigenvalue weighted by molar-refractivity contribution is 7.08. The van der Waals surface area contributed by atoms with E-state index in [0.29, 0.717) is 16.9 Å². The summed E-state index contributed by atoms with van der Waals surface area (Å²) in [5.74, 6) is 2.18. The molecule has 5 heteroatoms. The van der Waals surface area contributed by atoms with Gasteiger partial charge in [-0.05, 0) is 96.3 Å². The normalized spacial score (nSPS) is 22.1. The minimum Gasteiger partial charge on any atom is -0.303 e. The van der Waals surface area contributed by atoms with Gasteiger partial charge in [0.25, 0.3) is 0 Å². The number of thiophene rings is 1. The second kappa shape index (κ2) is 12.3. The van der Waals surface area contributed by atoms with E-state index in [1.54, 1.807) is 0 Å². The number of halogens is 2. The fourth-order valence-corrected chi connectivity index (χ4v) is 7.25. The minimum atomic E-state index is 0.607. The predicted molar refractivity (Wildman–Crippen MR) is 151 cm³/mol.